The van der Waals surface area contributed by atoms with Crippen LogP contribution in [0.4, 0.5) is 0 Å². The van der Waals surface area contributed by atoms with Gasteiger partial charge in [0.05, 0.1) is 0 Å². The van der Waals surface area contributed by atoms with Gasteiger partial charge in [0, 0.05) is 12.0 Å². The fourth-order valence-corrected chi connectivity index (χ4v) is 0.999. The Labute approximate surface area is 92.3 Å². The standard InChI is InChI=1S/C10H13NO5/c1-4-7(12)11-10(3,9(15)16)5-6(2)8(13)14/h4H,1-2,5H2,3H3,(H,11,12)(H,13,14)(H,15,16). The van der Waals surface area contributed by atoms with E-state index in [4.69, 9.17) is 10.2 Å². The Balaban J connectivity index is 4.90. The Bertz CT molecular complexity index is 360. The normalized spacial score (nSPS) is 13.3. The van der Waals surface area contributed by atoms with E-state index in [1.807, 2.05) is 0 Å². The van der Waals surface area contributed by atoms with E-state index in [0.29, 0.717) is 0 Å². The van der Waals surface area contributed by atoms with Gasteiger partial charge in [-0.05, 0) is 13.0 Å². The van der Waals surface area contributed by atoms with E-state index >= 15 is 0 Å². The van der Waals surface area contributed by atoms with Gasteiger partial charge in [-0.3, -0.25) is 4.79 Å². The third kappa shape index (κ3) is 3.56. The van der Waals surface area contributed by atoms with Crippen LogP contribution in [0.15, 0.2) is 24.8 Å². The molecule has 0 bridgehead atoms. The Kier molecular flexibility index (Phi) is 4.43. The summed E-state index contributed by atoms with van der Waals surface area (Å²) in [5.74, 6) is -3.34. The lowest BCUT2D eigenvalue weighted by molar-refractivity contribution is -0.146. The van der Waals surface area contributed by atoms with Crippen LogP contribution in [-0.2, 0) is 14.4 Å². The summed E-state index contributed by atoms with van der Waals surface area (Å²) in [6.45, 7) is 7.59. The molecule has 1 amide bonds. The van der Waals surface area contributed by atoms with E-state index in [2.05, 4.69) is 18.5 Å². The summed E-state index contributed by atoms with van der Waals surface area (Å²) in [6.07, 6.45) is 0.516. The number of carboxylic acids is 2. The molecule has 0 aliphatic carbocycles. The first-order chi connectivity index (χ1) is 7.23. The van der Waals surface area contributed by atoms with Gasteiger partial charge in [-0.1, -0.05) is 13.2 Å². The number of hydrogen-bond acceptors (Lipinski definition) is 3. The quantitative estimate of drug-likeness (QED) is 0.561. The van der Waals surface area contributed by atoms with Gasteiger partial charge >= 0.3 is 11.9 Å². The highest BCUT2D eigenvalue weighted by atomic mass is 16.4. The molecule has 16 heavy (non-hydrogen) atoms. The van der Waals surface area contributed by atoms with Gasteiger partial charge in [-0.25, -0.2) is 9.59 Å². The zero-order chi connectivity index (χ0) is 12.9. The molecular formula is C10H13NO5. The average Bonchev–Trinajstić information content (AvgIpc) is 2.16. The maximum Gasteiger partial charge on any atom is 0.331 e. The van der Waals surface area contributed by atoms with Crippen molar-refractivity contribution < 1.29 is 24.6 Å². The Hall–Kier alpha value is -2.11. The van der Waals surface area contributed by atoms with Crippen molar-refractivity contribution in [2.24, 2.45) is 0 Å². The third-order valence-corrected chi connectivity index (χ3v) is 1.93. The molecule has 1 atom stereocenters. The molecule has 0 fully saturated rings. The Morgan fingerprint density at radius 1 is 1.38 bits per heavy atom. The highest BCUT2D eigenvalue weighted by Gasteiger charge is 2.36. The zero-order valence-electron chi connectivity index (χ0n) is 8.82. The molecule has 0 saturated heterocycles. The van der Waals surface area contributed by atoms with Crippen LogP contribution in [0, 0.1) is 0 Å². The molecule has 88 valence electrons. The van der Waals surface area contributed by atoms with E-state index in [1.54, 1.807) is 0 Å². The predicted molar refractivity (Wildman–Crippen MR) is 55.8 cm³/mol. The molecule has 0 heterocycles. The molecule has 0 spiro atoms. The van der Waals surface area contributed by atoms with E-state index < -0.39 is 29.8 Å². The summed E-state index contributed by atoms with van der Waals surface area (Å²) in [7, 11) is 0. The molecule has 0 aliphatic heterocycles. The van der Waals surface area contributed by atoms with Gasteiger partial charge in [-0.15, -0.1) is 0 Å². The van der Waals surface area contributed by atoms with Gasteiger partial charge in [0.1, 0.15) is 5.54 Å². The van der Waals surface area contributed by atoms with Crippen molar-refractivity contribution in [3.05, 3.63) is 24.8 Å². The summed E-state index contributed by atoms with van der Waals surface area (Å²) in [4.78, 5) is 32.5. The van der Waals surface area contributed by atoms with Crippen LogP contribution in [0.3, 0.4) is 0 Å². The minimum atomic E-state index is -1.71. The van der Waals surface area contributed by atoms with Gasteiger partial charge in [0.15, 0.2) is 0 Å². The third-order valence-electron chi connectivity index (χ3n) is 1.93. The fraction of sp³-hybridized carbons (Fsp3) is 0.300. The van der Waals surface area contributed by atoms with Crippen molar-refractivity contribution in [2.75, 3.05) is 0 Å². The second-order valence-electron chi connectivity index (χ2n) is 3.42. The maximum absolute atomic E-state index is 11.0. The monoisotopic (exact) mass is 227 g/mol. The molecule has 3 N–H and O–H groups in total. The molecule has 0 aromatic carbocycles. The van der Waals surface area contributed by atoms with Crippen LogP contribution in [0.5, 0.6) is 0 Å². The second-order valence-corrected chi connectivity index (χ2v) is 3.42. The summed E-state index contributed by atoms with van der Waals surface area (Å²) in [5, 5.41) is 19.7. The van der Waals surface area contributed by atoms with Gasteiger partial charge in [0.25, 0.3) is 0 Å². The van der Waals surface area contributed by atoms with Crippen LogP contribution in [0.2, 0.25) is 0 Å². The van der Waals surface area contributed by atoms with Crippen molar-refractivity contribution >= 4 is 17.8 Å². The average molecular weight is 227 g/mol. The number of rotatable bonds is 6. The topological polar surface area (TPSA) is 104 Å². The van der Waals surface area contributed by atoms with Gasteiger partial charge in [0.2, 0.25) is 5.91 Å². The molecule has 1 unspecified atom stereocenters. The number of carbonyl (C=O) groups is 3. The Morgan fingerprint density at radius 2 is 1.88 bits per heavy atom. The smallest absolute Gasteiger partial charge is 0.331 e. The summed E-state index contributed by atoms with van der Waals surface area (Å²) >= 11 is 0. The van der Waals surface area contributed by atoms with E-state index in [0.717, 1.165) is 6.08 Å². The van der Waals surface area contributed by atoms with Crippen LogP contribution < -0.4 is 5.32 Å². The molecule has 0 radical (unpaired) electrons. The van der Waals surface area contributed by atoms with Crippen LogP contribution >= 0.6 is 0 Å². The molecule has 0 aromatic heterocycles. The number of carboxylic acid groups (broad SMARTS) is 2. The number of carbonyl (C=O) groups excluding carboxylic acids is 1. The van der Waals surface area contributed by atoms with Crippen molar-refractivity contribution in [1.29, 1.82) is 0 Å². The molecule has 6 nitrogen and oxygen atoms in total. The molecular weight excluding hydrogens is 214 g/mol. The lowest BCUT2D eigenvalue weighted by atomic mass is 9.93. The highest BCUT2D eigenvalue weighted by Crippen LogP contribution is 2.16. The molecule has 0 aromatic rings. The van der Waals surface area contributed by atoms with Gasteiger partial charge in [-0.2, -0.15) is 0 Å². The fourth-order valence-electron chi connectivity index (χ4n) is 0.999. The summed E-state index contributed by atoms with van der Waals surface area (Å²) in [5.41, 5.74) is -2.00. The van der Waals surface area contributed by atoms with Crippen LogP contribution in [0.1, 0.15) is 13.3 Å². The second kappa shape index (κ2) is 5.11. The van der Waals surface area contributed by atoms with E-state index in [1.165, 1.54) is 6.92 Å². The highest BCUT2D eigenvalue weighted by molar-refractivity contribution is 5.94. The molecule has 0 rings (SSSR count). The van der Waals surface area contributed by atoms with Crippen LogP contribution in [0.25, 0.3) is 0 Å². The predicted octanol–water partition coefficient (Wildman–Crippen LogP) is 0.163. The van der Waals surface area contributed by atoms with Crippen molar-refractivity contribution in [3.8, 4) is 0 Å². The van der Waals surface area contributed by atoms with Gasteiger partial charge < -0.3 is 15.5 Å². The molecule has 0 saturated carbocycles. The lowest BCUT2D eigenvalue weighted by Crippen LogP contribution is -2.52. The SMILES string of the molecule is C=CC(=O)NC(C)(CC(=C)C(=O)O)C(=O)O. The number of hydrogen-bond donors (Lipinski definition) is 3. The van der Waals surface area contributed by atoms with Crippen molar-refractivity contribution in [2.45, 2.75) is 18.9 Å². The molecule has 6 heteroatoms. The maximum atomic E-state index is 11.0. The summed E-state index contributed by atoms with van der Waals surface area (Å²) in [6, 6.07) is 0. The number of amides is 1. The van der Waals surface area contributed by atoms with Crippen molar-refractivity contribution in [1.82, 2.24) is 5.32 Å². The summed E-state index contributed by atoms with van der Waals surface area (Å²) < 4.78 is 0. The first-order valence-corrected chi connectivity index (χ1v) is 4.32. The van der Waals surface area contributed by atoms with E-state index in [-0.39, 0.29) is 5.57 Å². The molecule has 0 aliphatic rings. The number of nitrogens with one attached hydrogen (secondary N) is 1. The largest absolute Gasteiger partial charge is 0.480 e. The minimum absolute atomic E-state index is 0.297. The number of aliphatic carboxylic acids is 2. The lowest BCUT2D eigenvalue weighted by Gasteiger charge is -2.25. The first-order valence-electron chi connectivity index (χ1n) is 4.32. The Morgan fingerprint density at radius 3 is 2.19 bits per heavy atom. The minimum Gasteiger partial charge on any atom is -0.480 e. The van der Waals surface area contributed by atoms with E-state index in [9.17, 15) is 14.4 Å². The van der Waals surface area contributed by atoms with Crippen molar-refractivity contribution in [3.63, 3.8) is 0 Å². The zero-order valence-corrected chi connectivity index (χ0v) is 8.82. The first kappa shape index (κ1) is 13.9. The van der Waals surface area contributed by atoms with Crippen LogP contribution in [-0.4, -0.2) is 33.6 Å².